The summed E-state index contributed by atoms with van der Waals surface area (Å²) in [5, 5.41) is 1.19. The normalized spacial score (nSPS) is 18.3. The smallest absolute Gasteiger partial charge is 0.123 e. The second kappa shape index (κ2) is 7.92. The zero-order valence-electron chi connectivity index (χ0n) is 16.6. The Hall–Kier alpha value is -2.18. The van der Waals surface area contributed by atoms with Crippen molar-refractivity contribution in [2.75, 3.05) is 19.6 Å². The van der Waals surface area contributed by atoms with E-state index in [1.54, 1.807) is 17.7 Å². The molecule has 1 aliphatic heterocycles. The first-order valence-electron chi connectivity index (χ1n) is 10.5. The first kappa shape index (κ1) is 18.8. The molecular formula is C23H25FN4S. The molecule has 1 saturated carbocycles. The lowest BCUT2D eigenvalue weighted by Crippen LogP contribution is -2.32. The zero-order valence-corrected chi connectivity index (χ0v) is 17.5. The van der Waals surface area contributed by atoms with Crippen LogP contribution in [0.1, 0.15) is 55.0 Å². The second-order valence-electron chi connectivity index (χ2n) is 8.05. The Morgan fingerprint density at radius 3 is 2.48 bits per heavy atom. The Balaban J connectivity index is 1.57. The van der Waals surface area contributed by atoms with Crippen LogP contribution in [0, 0.1) is 5.82 Å². The summed E-state index contributed by atoms with van der Waals surface area (Å²) in [6.45, 7) is 5.59. The van der Waals surface area contributed by atoms with Crippen LogP contribution < -0.4 is 0 Å². The molecule has 150 valence electrons. The molecule has 0 unspecified atom stereocenters. The van der Waals surface area contributed by atoms with Crippen molar-refractivity contribution in [2.24, 2.45) is 0 Å². The summed E-state index contributed by atoms with van der Waals surface area (Å²) in [6.07, 6.45) is 8.29. The van der Waals surface area contributed by atoms with Crippen molar-refractivity contribution < 1.29 is 4.39 Å². The van der Waals surface area contributed by atoms with Gasteiger partial charge in [0.2, 0.25) is 0 Å². The molecule has 6 heteroatoms. The maximum Gasteiger partial charge on any atom is 0.123 e. The second-order valence-corrected chi connectivity index (χ2v) is 9.08. The third-order valence-corrected chi connectivity index (χ3v) is 7.34. The molecule has 0 radical (unpaired) electrons. The van der Waals surface area contributed by atoms with E-state index in [9.17, 15) is 4.39 Å². The maximum absolute atomic E-state index is 13.5. The van der Waals surface area contributed by atoms with E-state index in [0.29, 0.717) is 11.8 Å². The maximum atomic E-state index is 13.5. The van der Waals surface area contributed by atoms with E-state index in [-0.39, 0.29) is 5.82 Å². The molecule has 2 fully saturated rings. The van der Waals surface area contributed by atoms with E-state index in [1.165, 1.54) is 35.5 Å². The van der Waals surface area contributed by atoms with Gasteiger partial charge in [0.05, 0.1) is 21.3 Å². The summed E-state index contributed by atoms with van der Waals surface area (Å²) in [7, 11) is 0. The number of nitrogens with zero attached hydrogens (tertiary/aromatic N) is 4. The standard InChI is InChI=1S/C23H25FN4S/c1-2-28-11-9-17(10-12-28)23-27-20(16-5-7-18(24)8-6-16)22(29-23)21-19(15-3-4-15)13-25-14-26-21/h5-8,13-15,17H,2-4,9-12H2,1H3. The summed E-state index contributed by atoms with van der Waals surface area (Å²) in [6, 6.07) is 6.68. The fraction of sp³-hybridized carbons (Fsp3) is 0.435. The molecule has 0 spiro atoms. The van der Waals surface area contributed by atoms with Gasteiger partial charge in [0.1, 0.15) is 12.1 Å². The van der Waals surface area contributed by atoms with Crippen LogP contribution in [-0.4, -0.2) is 39.5 Å². The van der Waals surface area contributed by atoms with Gasteiger partial charge in [-0.25, -0.2) is 19.3 Å². The molecule has 0 N–H and O–H groups in total. The van der Waals surface area contributed by atoms with Gasteiger partial charge in [0.15, 0.2) is 0 Å². The van der Waals surface area contributed by atoms with Crippen molar-refractivity contribution in [2.45, 2.75) is 44.4 Å². The Morgan fingerprint density at radius 2 is 1.79 bits per heavy atom. The number of aromatic nitrogens is 3. The molecule has 3 aromatic rings. The molecule has 2 aliphatic rings. The van der Waals surface area contributed by atoms with Crippen LogP contribution in [0.5, 0.6) is 0 Å². The van der Waals surface area contributed by atoms with Gasteiger partial charge >= 0.3 is 0 Å². The number of benzene rings is 1. The molecule has 2 aromatic heterocycles. The molecule has 3 heterocycles. The fourth-order valence-corrected chi connectivity index (χ4v) is 5.47. The molecule has 4 nitrogen and oxygen atoms in total. The van der Waals surface area contributed by atoms with Crippen LogP contribution >= 0.6 is 11.3 Å². The minimum atomic E-state index is -0.224. The Morgan fingerprint density at radius 1 is 1.03 bits per heavy atom. The molecule has 29 heavy (non-hydrogen) atoms. The van der Waals surface area contributed by atoms with Crippen molar-refractivity contribution >= 4 is 11.3 Å². The van der Waals surface area contributed by atoms with Crippen LogP contribution in [0.15, 0.2) is 36.8 Å². The molecule has 0 amide bonds. The lowest BCUT2D eigenvalue weighted by atomic mass is 9.97. The van der Waals surface area contributed by atoms with Crippen LogP contribution in [0.25, 0.3) is 21.8 Å². The third-order valence-electron chi connectivity index (χ3n) is 6.12. The molecule has 5 rings (SSSR count). The van der Waals surface area contributed by atoms with Gasteiger partial charge in [0.25, 0.3) is 0 Å². The lowest BCUT2D eigenvalue weighted by molar-refractivity contribution is 0.222. The van der Waals surface area contributed by atoms with E-state index in [1.807, 2.05) is 18.3 Å². The molecule has 0 atom stereocenters. The van der Waals surface area contributed by atoms with Gasteiger partial charge < -0.3 is 4.90 Å². The van der Waals surface area contributed by atoms with E-state index in [0.717, 1.165) is 54.3 Å². The summed E-state index contributed by atoms with van der Waals surface area (Å²) < 4.78 is 13.5. The predicted octanol–water partition coefficient (Wildman–Crippen LogP) is 5.48. The lowest BCUT2D eigenvalue weighted by Gasteiger charge is -2.29. The van der Waals surface area contributed by atoms with Crippen LogP contribution in [0.4, 0.5) is 4.39 Å². The highest BCUT2D eigenvalue weighted by molar-refractivity contribution is 7.15. The van der Waals surface area contributed by atoms with E-state index in [4.69, 9.17) is 4.98 Å². The van der Waals surface area contributed by atoms with Gasteiger partial charge in [-0.1, -0.05) is 6.92 Å². The van der Waals surface area contributed by atoms with Crippen LogP contribution in [0.2, 0.25) is 0 Å². The number of likely N-dealkylation sites (tertiary alicyclic amines) is 1. The van der Waals surface area contributed by atoms with Gasteiger partial charge in [-0.3, -0.25) is 0 Å². The molecular weight excluding hydrogens is 383 g/mol. The number of hydrogen-bond donors (Lipinski definition) is 0. The highest BCUT2D eigenvalue weighted by Gasteiger charge is 2.31. The SMILES string of the molecule is CCN1CCC(c2nc(-c3ccc(F)cc3)c(-c3ncncc3C3CC3)s2)CC1. The van der Waals surface area contributed by atoms with Crippen molar-refractivity contribution in [3.63, 3.8) is 0 Å². The highest BCUT2D eigenvalue weighted by Crippen LogP contribution is 2.47. The predicted molar refractivity (Wildman–Crippen MR) is 115 cm³/mol. The summed E-state index contributed by atoms with van der Waals surface area (Å²) in [4.78, 5) is 17.7. The van der Waals surface area contributed by atoms with Crippen molar-refractivity contribution in [3.05, 3.63) is 53.2 Å². The number of piperidine rings is 1. The van der Waals surface area contributed by atoms with Crippen LogP contribution in [0.3, 0.4) is 0 Å². The van der Waals surface area contributed by atoms with Crippen LogP contribution in [-0.2, 0) is 0 Å². The van der Waals surface area contributed by atoms with E-state index in [2.05, 4.69) is 21.8 Å². The average Bonchev–Trinajstić information content (AvgIpc) is 3.53. The third kappa shape index (κ3) is 3.83. The Bertz CT molecular complexity index is 988. The summed E-state index contributed by atoms with van der Waals surface area (Å²) in [5.41, 5.74) is 4.13. The number of thiazole rings is 1. The first-order valence-corrected chi connectivity index (χ1v) is 11.3. The minimum Gasteiger partial charge on any atom is -0.304 e. The molecule has 0 bridgehead atoms. The van der Waals surface area contributed by atoms with E-state index >= 15 is 0 Å². The van der Waals surface area contributed by atoms with E-state index < -0.39 is 0 Å². The van der Waals surface area contributed by atoms with Gasteiger partial charge in [-0.2, -0.15) is 0 Å². The fourth-order valence-electron chi connectivity index (χ4n) is 4.19. The summed E-state index contributed by atoms with van der Waals surface area (Å²) >= 11 is 1.77. The quantitative estimate of drug-likeness (QED) is 0.560. The van der Waals surface area contributed by atoms with Gasteiger partial charge in [-0.15, -0.1) is 11.3 Å². The van der Waals surface area contributed by atoms with Gasteiger partial charge in [0, 0.05) is 23.2 Å². The highest BCUT2D eigenvalue weighted by atomic mass is 32.1. The molecule has 1 aromatic carbocycles. The Kier molecular flexibility index (Phi) is 5.14. The molecule has 1 saturated heterocycles. The minimum absolute atomic E-state index is 0.224. The molecule has 1 aliphatic carbocycles. The largest absolute Gasteiger partial charge is 0.304 e. The van der Waals surface area contributed by atoms with Gasteiger partial charge in [-0.05, 0) is 75.5 Å². The zero-order chi connectivity index (χ0) is 19.8. The Labute approximate surface area is 174 Å². The topological polar surface area (TPSA) is 41.9 Å². The average molecular weight is 409 g/mol. The number of halogens is 1. The first-order chi connectivity index (χ1) is 14.2. The summed E-state index contributed by atoms with van der Waals surface area (Å²) in [5.74, 6) is 0.825. The number of rotatable bonds is 5. The van der Waals surface area contributed by atoms with Crippen molar-refractivity contribution in [1.82, 2.24) is 19.9 Å². The number of hydrogen-bond acceptors (Lipinski definition) is 5. The van der Waals surface area contributed by atoms with Crippen molar-refractivity contribution in [3.8, 4) is 21.8 Å². The van der Waals surface area contributed by atoms with Crippen molar-refractivity contribution in [1.29, 1.82) is 0 Å². The monoisotopic (exact) mass is 408 g/mol.